The van der Waals surface area contributed by atoms with Crippen LogP contribution in [0.15, 0.2) is 83.3 Å². The van der Waals surface area contributed by atoms with Crippen LogP contribution in [0.5, 0.6) is 11.6 Å². The Morgan fingerprint density at radius 3 is 2.50 bits per heavy atom. The van der Waals surface area contributed by atoms with Crippen molar-refractivity contribution in [1.82, 2.24) is 14.7 Å². The number of aryl methyl sites for hydroxylation is 2. The van der Waals surface area contributed by atoms with Crippen molar-refractivity contribution in [1.29, 1.82) is 5.26 Å². The van der Waals surface area contributed by atoms with Crippen molar-refractivity contribution >= 4 is 17.6 Å². The van der Waals surface area contributed by atoms with Crippen LogP contribution in [0.4, 0.5) is 0 Å². The zero-order chi connectivity index (χ0) is 24.1. The van der Waals surface area contributed by atoms with Gasteiger partial charge in [-0.25, -0.2) is 0 Å². The van der Waals surface area contributed by atoms with Gasteiger partial charge in [0.25, 0.3) is 11.5 Å². The summed E-state index contributed by atoms with van der Waals surface area (Å²) in [6, 6.07) is 22.1. The van der Waals surface area contributed by atoms with E-state index in [1.54, 1.807) is 18.3 Å². The SMILES string of the molecule is Cc1ccccc1Oc1nc2c(C)cccn2c(=O)c1/C=C(\C#N)C(=O)NCc1ccccc1. The van der Waals surface area contributed by atoms with Crippen molar-refractivity contribution in [2.24, 2.45) is 0 Å². The zero-order valence-electron chi connectivity index (χ0n) is 18.8. The van der Waals surface area contributed by atoms with Gasteiger partial charge in [0.15, 0.2) is 0 Å². The third-order valence-corrected chi connectivity index (χ3v) is 5.30. The molecule has 0 unspecified atom stereocenters. The largest absolute Gasteiger partial charge is 0.438 e. The van der Waals surface area contributed by atoms with E-state index in [0.29, 0.717) is 11.4 Å². The number of nitriles is 1. The molecule has 34 heavy (non-hydrogen) atoms. The lowest BCUT2D eigenvalue weighted by molar-refractivity contribution is -0.117. The minimum Gasteiger partial charge on any atom is -0.438 e. The molecule has 0 aliphatic rings. The summed E-state index contributed by atoms with van der Waals surface area (Å²) in [4.78, 5) is 30.7. The van der Waals surface area contributed by atoms with Crippen LogP contribution in [0, 0.1) is 25.2 Å². The van der Waals surface area contributed by atoms with Crippen LogP contribution in [-0.2, 0) is 11.3 Å². The lowest BCUT2D eigenvalue weighted by Crippen LogP contribution is -2.25. The van der Waals surface area contributed by atoms with E-state index >= 15 is 0 Å². The summed E-state index contributed by atoms with van der Waals surface area (Å²) < 4.78 is 7.41. The van der Waals surface area contributed by atoms with Gasteiger partial charge in [-0.2, -0.15) is 10.2 Å². The van der Waals surface area contributed by atoms with Crippen molar-refractivity contribution in [3.63, 3.8) is 0 Å². The summed E-state index contributed by atoms with van der Waals surface area (Å²) in [6.07, 6.45) is 2.83. The fourth-order valence-electron chi connectivity index (χ4n) is 3.43. The molecule has 1 N–H and O–H groups in total. The number of amides is 1. The Bertz CT molecular complexity index is 1500. The van der Waals surface area contributed by atoms with Gasteiger partial charge in [0.2, 0.25) is 5.88 Å². The highest BCUT2D eigenvalue weighted by Crippen LogP contribution is 2.27. The summed E-state index contributed by atoms with van der Waals surface area (Å²) in [5, 5.41) is 12.4. The Kier molecular flexibility index (Phi) is 6.51. The molecule has 168 valence electrons. The lowest BCUT2D eigenvalue weighted by atomic mass is 10.1. The smallest absolute Gasteiger partial charge is 0.269 e. The minimum absolute atomic E-state index is 0.0118. The average Bonchev–Trinajstić information content (AvgIpc) is 2.85. The van der Waals surface area contributed by atoms with Crippen molar-refractivity contribution in [2.45, 2.75) is 20.4 Å². The van der Waals surface area contributed by atoms with Crippen molar-refractivity contribution in [3.05, 3.63) is 111 Å². The molecule has 0 aliphatic heterocycles. The Hall–Kier alpha value is -4.70. The fraction of sp³-hybridized carbons (Fsp3) is 0.111. The maximum Gasteiger partial charge on any atom is 0.269 e. The summed E-state index contributed by atoms with van der Waals surface area (Å²) in [5.74, 6) is -0.0480. The quantitative estimate of drug-likeness (QED) is 0.348. The molecule has 0 bridgehead atoms. The van der Waals surface area contributed by atoms with Gasteiger partial charge in [-0.1, -0.05) is 54.6 Å². The first-order chi connectivity index (χ1) is 16.5. The number of pyridine rings is 1. The fourth-order valence-corrected chi connectivity index (χ4v) is 3.43. The normalized spacial score (nSPS) is 11.1. The molecular formula is C27H22N4O3. The second kappa shape index (κ2) is 9.84. The minimum atomic E-state index is -0.595. The Morgan fingerprint density at radius 1 is 1.06 bits per heavy atom. The molecule has 0 spiro atoms. The number of rotatable bonds is 6. The van der Waals surface area contributed by atoms with Gasteiger partial charge >= 0.3 is 0 Å². The van der Waals surface area contributed by atoms with E-state index in [-0.39, 0.29) is 23.6 Å². The number of benzene rings is 2. The number of fused-ring (bicyclic) bond motifs is 1. The maximum atomic E-state index is 13.4. The van der Waals surface area contributed by atoms with Crippen molar-refractivity contribution in [2.75, 3.05) is 0 Å². The monoisotopic (exact) mass is 450 g/mol. The lowest BCUT2D eigenvalue weighted by Gasteiger charge is -2.13. The number of carbonyl (C=O) groups is 1. The predicted octanol–water partition coefficient (Wildman–Crippen LogP) is 4.33. The van der Waals surface area contributed by atoms with Crippen LogP contribution >= 0.6 is 0 Å². The number of para-hydroxylation sites is 1. The van der Waals surface area contributed by atoms with E-state index in [0.717, 1.165) is 16.7 Å². The number of carbonyl (C=O) groups excluding carboxylic acids is 1. The Balaban J connectivity index is 1.79. The molecule has 0 radical (unpaired) electrons. The summed E-state index contributed by atoms with van der Waals surface area (Å²) in [5.41, 5.74) is 2.30. The van der Waals surface area contributed by atoms with Gasteiger partial charge in [0, 0.05) is 12.7 Å². The standard InChI is InChI=1S/C27H22N4O3/c1-18-9-6-7-13-23(18)34-26-22(27(33)31-14-8-10-19(2)24(31)30-26)15-21(16-28)25(32)29-17-20-11-4-3-5-12-20/h3-15H,17H2,1-2H3,(H,29,32)/b21-15+. The van der Waals surface area contributed by atoms with Crippen LogP contribution in [0.1, 0.15) is 22.3 Å². The molecular weight excluding hydrogens is 428 g/mol. The van der Waals surface area contributed by atoms with E-state index in [9.17, 15) is 14.9 Å². The highest BCUT2D eigenvalue weighted by atomic mass is 16.5. The molecule has 7 nitrogen and oxygen atoms in total. The first kappa shape index (κ1) is 22.5. The third kappa shape index (κ3) is 4.71. The summed E-state index contributed by atoms with van der Waals surface area (Å²) in [7, 11) is 0. The van der Waals surface area contributed by atoms with Gasteiger partial charge in [0.1, 0.15) is 28.6 Å². The Morgan fingerprint density at radius 2 is 1.76 bits per heavy atom. The van der Waals surface area contributed by atoms with Crippen LogP contribution in [0.3, 0.4) is 0 Å². The molecule has 4 aromatic rings. The number of nitrogens with zero attached hydrogens (tertiary/aromatic N) is 3. The van der Waals surface area contributed by atoms with Crippen LogP contribution < -0.4 is 15.6 Å². The highest BCUT2D eigenvalue weighted by Gasteiger charge is 2.18. The van der Waals surface area contributed by atoms with E-state index < -0.39 is 11.5 Å². The van der Waals surface area contributed by atoms with Crippen LogP contribution in [0.25, 0.3) is 11.7 Å². The van der Waals surface area contributed by atoms with E-state index in [1.165, 1.54) is 10.5 Å². The molecule has 0 saturated carbocycles. The number of hydrogen-bond acceptors (Lipinski definition) is 5. The van der Waals surface area contributed by atoms with Crippen molar-refractivity contribution in [3.8, 4) is 17.7 Å². The highest BCUT2D eigenvalue weighted by molar-refractivity contribution is 6.01. The Labute approximate surface area is 196 Å². The second-order valence-electron chi connectivity index (χ2n) is 7.73. The number of aromatic nitrogens is 2. The summed E-state index contributed by atoms with van der Waals surface area (Å²) >= 11 is 0. The first-order valence-electron chi connectivity index (χ1n) is 10.7. The number of nitrogens with one attached hydrogen (secondary N) is 1. The van der Waals surface area contributed by atoms with Gasteiger partial charge < -0.3 is 10.1 Å². The van der Waals surface area contributed by atoms with Gasteiger partial charge in [-0.05, 0) is 48.7 Å². The molecule has 2 aromatic heterocycles. The maximum absolute atomic E-state index is 13.4. The van der Waals surface area contributed by atoms with Crippen LogP contribution in [0.2, 0.25) is 0 Å². The molecule has 1 amide bonds. The zero-order valence-corrected chi connectivity index (χ0v) is 18.8. The van der Waals surface area contributed by atoms with E-state index in [1.807, 2.05) is 74.5 Å². The molecule has 0 aliphatic carbocycles. The molecule has 2 heterocycles. The molecule has 4 rings (SSSR count). The van der Waals surface area contributed by atoms with E-state index in [4.69, 9.17) is 4.74 Å². The van der Waals surface area contributed by atoms with Gasteiger partial charge in [-0.15, -0.1) is 0 Å². The molecule has 0 saturated heterocycles. The number of ether oxygens (including phenoxy) is 1. The van der Waals surface area contributed by atoms with Crippen molar-refractivity contribution < 1.29 is 9.53 Å². The van der Waals surface area contributed by atoms with Gasteiger partial charge in [0.05, 0.1) is 0 Å². The second-order valence-corrected chi connectivity index (χ2v) is 7.73. The molecule has 7 heteroatoms. The molecule has 2 aromatic carbocycles. The topological polar surface area (TPSA) is 96.5 Å². The average molecular weight is 450 g/mol. The van der Waals surface area contributed by atoms with E-state index in [2.05, 4.69) is 10.3 Å². The van der Waals surface area contributed by atoms with Crippen LogP contribution in [-0.4, -0.2) is 15.3 Å². The van der Waals surface area contributed by atoms with Gasteiger partial charge in [-0.3, -0.25) is 14.0 Å². The third-order valence-electron chi connectivity index (χ3n) is 5.30. The predicted molar refractivity (Wildman–Crippen MR) is 129 cm³/mol. The molecule has 0 fully saturated rings. The molecule has 0 atom stereocenters. The number of hydrogen-bond donors (Lipinski definition) is 1. The first-order valence-corrected chi connectivity index (χ1v) is 10.7. The summed E-state index contributed by atoms with van der Waals surface area (Å²) in [6.45, 7) is 3.97.